The number of allylic oxidation sites excluding steroid dienone is 2. The molecule has 1 atom stereocenters. The highest BCUT2D eigenvalue weighted by Gasteiger charge is 2.25. The van der Waals surface area contributed by atoms with Gasteiger partial charge in [-0.2, -0.15) is 0 Å². The molecule has 1 amide bonds. The molecule has 0 aliphatic heterocycles. The van der Waals surface area contributed by atoms with Crippen LogP contribution in [0.2, 0.25) is 0 Å². The van der Waals surface area contributed by atoms with Crippen molar-refractivity contribution in [1.29, 1.82) is 0 Å². The molecule has 1 aromatic rings. The van der Waals surface area contributed by atoms with E-state index in [2.05, 4.69) is 5.43 Å². The van der Waals surface area contributed by atoms with Gasteiger partial charge in [0.2, 0.25) is 0 Å². The highest BCUT2D eigenvalue weighted by Crippen LogP contribution is 2.17. The van der Waals surface area contributed by atoms with Crippen molar-refractivity contribution in [1.82, 2.24) is 10.4 Å². The molecule has 122 valence electrons. The van der Waals surface area contributed by atoms with Crippen molar-refractivity contribution in [2.45, 2.75) is 19.4 Å². The lowest BCUT2D eigenvalue weighted by Crippen LogP contribution is -2.49. The van der Waals surface area contributed by atoms with E-state index in [0.717, 1.165) is 0 Å². The summed E-state index contributed by atoms with van der Waals surface area (Å²) in [6.45, 7) is 2.13. The lowest BCUT2D eigenvalue weighted by atomic mass is 9.99. The molecule has 1 aromatic carbocycles. The highest BCUT2D eigenvalue weighted by atomic mass is 16.5. The molecule has 5 heteroatoms. The van der Waals surface area contributed by atoms with Gasteiger partial charge < -0.3 is 4.74 Å². The molecule has 5 nitrogen and oxygen atoms in total. The van der Waals surface area contributed by atoms with E-state index in [1.165, 1.54) is 5.01 Å². The predicted molar refractivity (Wildman–Crippen MR) is 88.5 cm³/mol. The van der Waals surface area contributed by atoms with E-state index in [1.54, 1.807) is 26.1 Å². The molecule has 0 bridgehead atoms. The van der Waals surface area contributed by atoms with Gasteiger partial charge in [0.25, 0.3) is 5.91 Å². The average molecular weight is 314 g/mol. The van der Waals surface area contributed by atoms with Crippen LogP contribution in [0, 0.1) is 5.92 Å². The minimum Gasteiger partial charge on any atom is -0.466 e. The molecule has 1 aliphatic carbocycles. The van der Waals surface area contributed by atoms with Crippen LogP contribution >= 0.6 is 0 Å². The Morgan fingerprint density at radius 1 is 1.22 bits per heavy atom. The number of benzene rings is 1. The molecule has 1 N–H and O–H groups in total. The van der Waals surface area contributed by atoms with Crippen molar-refractivity contribution < 1.29 is 14.3 Å². The number of carbonyl (C=O) groups excluding carboxylic acids is 2. The zero-order valence-electron chi connectivity index (χ0n) is 13.4. The lowest BCUT2D eigenvalue weighted by Gasteiger charge is -2.28. The van der Waals surface area contributed by atoms with Gasteiger partial charge in [0.05, 0.1) is 13.0 Å². The minimum atomic E-state index is -0.278. The molecular weight excluding hydrogens is 292 g/mol. The van der Waals surface area contributed by atoms with Gasteiger partial charge in [-0.15, -0.1) is 0 Å². The van der Waals surface area contributed by atoms with Gasteiger partial charge in [0.15, 0.2) is 0 Å². The first-order valence-electron chi connectivity index (χ1n) is 7.71. The molecule has 0 fully saturated rings. The SMILES string of the molecule is CCOC(=O)CC(NN(C)C(=O)c1ccccc1)C1C=CC=C1. The summed E-state index contributed by atoms with van der Waals surface area (Å²) < 4.78 is 5.03. The molecule has 1 aliphatic rings. The summed E-state index contributed by atoms with van der Waals surface area (Å²) in [7, 11) is 1.66. The Morgan fingerprint density at radius 2 is 1.87 bits per heavy atom. The number of hydrogen-bond donors (Lipinski definition) is 1. The van der Waals surface area contributed by atoms with Crippen LogP contribution in [-0.2, 0) is 9.53 Å². The summed E-state index contributed by atoms with van der Waals surface area (Å²) in [6.07, 6.45) is 8.06. The summed E-state index contributed by atoms with van der Waals surface area (Å²) in [4.78, 5) is 24.2. The molecule has 0 saturated carbocycles. The highest BCUT2D eigenvalue weighted by molar-refractivity contribution is 5.93. The Morgan fingerprint density at radius 3 is 2.48 bits per heavy atom. The van der Waals surface area contributed by atoms with Crippen LogP contribution in [0.4, 0.5) is 0 Å². The van der Waals surface area contributed by atoms with Gasteiger partial charge in [0, 0.05) is 24.6 Å². The maximum Gasteiger partial charge on any atom is 0.307 e. The van der Waals surface area contributed by atoms with E-state index in [9.17, 15) is 9.59 Å². The number of nitrogens with zero attached hydrogens (tertiary/aromatic N) is 1. The van der Waals surface area contributed by atoms with Gasteiger partial charge in [-0.05, 0) is 19.1 Å². The Bertz CT molecular complexity index is 584. The second-order valence-corrected chi connectivity index (χ2v) is 5.32. The Kier molecular flexibility index (Phi) is 6.11. The van der Waals surface area contributed by atoms with E-state index in [0.29, 0.717) is 12.2 Å². The number of hydrogen-bond acceptors (Lipinski definition) is 4. The number of ether oxygens (including phenoxy) is 1. The Balaban J connectivity index is 2.04. The second-order valence-electron chi connectivity index (χ2n) is 5.32. The molecule has 23 heavy (non-hydrogen) atoms. The largest absolute Gasteiger partial charge is 0.466 e. The number of hydrazine groups is 1. The third-order valence-corrected chi connectivity index (χ3v) is 3.62. The summed E-state index contributed by atoms with van der Waals surface area (Å²) >= 11 is 0. The van der Waals surface area contributed by atoms with Crippen LogP contribution in [-0.4, -0.2) is 36.6 Å². The van der Waals surface area contributed by atoms with E-state index in [-0.39, 0.29) is 30.3 Å². The zero-order chi connectivity index (χ0) is 16.7. The third-order valence-electron chi connectivity index (χ3n) is 3.62. The van der Waals surface area contributed by atoms with E-state index in [1.807, 2.05) is 42.5 Å². The molecule has 0 heterocycles. The predicted octanol–water partition coefficient (Wildman–Crippen LogP) is 2.33. The molecule has 0 radical (unpaired) electrons. The summed E-state index contributed by atoms with van der Waals surface area (Å²) in [5, 5.41) is 1.43. The van der Waals surface area contributed by atoms with Gasteiger partial charge in [0.1, 0.15) is 0 Å². The number of rotatable bonds is 7. The first-order valence-corrected chi connectivity index (χ1v) is 7.71. The van der Waals surface area contributed by atoms with Crippen molar-refractivity contribution >= 4 is 11.9 Å². The van der Waals surface area contributed by atoms with Crippen LogP contribution in [0.5, 0.6) is 0 Å². The topological polar surface area (TPSA) is 58.6 Å². The minimum absolute atomic E-state index is 0.0467. The first-order chi connectivity index (χ1) is 11.1. The molecular formula is C18H22N2O3. The van der Waals surface area contributed by atoms with Crippen molar-refractivity contribution in [2.24, 2.45) is 5.92 Å². The average Bonchev–Trinajstić information content (AvgIpc) is 3.09. The standard InChI is InChI=1S/C18H22N2O3/c1-3-23-17(21)13-16(14-9-7-8-10-14)19-20(2)18(22)15-11-5-4-6-12-15/h4-12,14,16,19H,3,13H2,1-2H3. The van der Waals surface area contributed by atoms with Crippen LogP contribution in [0.1, 0.15) is 23.7 Å². The van der Waals surface area contributed by atoms with Gasteiger partial charge in [-0.25, -0.2) is 5.43 Å². The van der Waals surface area contributed by atoms with Crippen LogP contribution in [0.3, 0.4) is 0 Å². The fourth-order valence-corrected chi connectivity index (χ4v) is 2.47. The molecule has 0 saturated heterocycles. The first kappa shape index (κ1) is 17.0. The van der Waals surface area contributed by atoms with Crippen molar-refractivity contribution in [2.75, 3.05) is 13.7 Å². The van der Waals surface area contributed by atoms with Gasteiger partial charge in [-0.1, -0.05) is 42.5 Å². The van der Waals surface area contributed by atoms with E-state index < -0.39 is 0 Å². The zero-order valence-corrected chi connectivity index (χ0v) is 13.4. The quantitative estimate of drug-likeness (QED) is 0.620. The summed E-state index contributed by atoms with van der Waals surface area (Å²) in [5.41, 5.74) is 3.72. The van der Waals surface area contributed by atoms with Gasteiger partial charge >= 0.3 is 5.97 Å². The maximum absolute atomic E-state index is 12.4. The van der Waals surface area contributed by atoms with Crippen LogP contribution in [0.15, 0.2) is 54.6 Å². The second kappa shape index (κ2) is 8.29. The van der Waals surface area contributed by atoms with Crippen LogP contribution < -0.4 is 5.43 Å². The molecule has 2 rings (SSSR count). The fourth-order valence-electron chi connectivity index (χ4n) is 2.47. The number of carbonyl (C=O) groups is 2. The van der Waals surface area contributed by atoms with Crippen molar-refractivity contribution in [3.8, 4) is 0 Å². The monoisotopic (exact) mass is 314 g/mol. The third kappa shape index (κ3) is 4.79. The van der Waals surface area contributed by atoms with Crippen molar-refractivity contribution in [3.63, 3.8) is 0 Å². The van der Waals surface area contributed by atoms with Gasteiger partial charge in [-0.3, -0.25) is 14.6 Å². The number of amides is 1. The van der Waals surface area contributed by atoms with Crippen molar-refractivity contribution in [3.05, 3.63) is 60.2 Å². The fraction of sp³-hybridized carbons (Fsp3) is 0.333. The van der Waals surface area contributed by atoms with E-state index >= 15 is 0 Å². The number of nitrogens with one attached hydrogen (secondary N) is 1. The lowest BCUT2D eigenvalue weighted by molar-refractivity contribution is -0.144. The number of esters is 1. The molecule has 0 spiro atoms. The normalized spacial score (nSPS) is 14.7. The molecule has 1 unspecified atom stereocenters. The molecule has 0 aromatic heterocycles. The summed E-state index contributed by atoms with van der Waals surface area (Å²) in [5.74, 6) is -0.380. The summed E-state index contributed by atoms with van der Waals surface area (Å²) in [6, 6.07) is 8.79. The van der Waals surface area contributed by atoms with E-state index in [4.69, 9.17) is 4.74 Å². The maximum atomic E-state index is 12.4. The Labute approximate surface area is 136 Å². The smallest absolute Gasteiger partial charge is 0.307 e. The van der Waals surface area contributed by atoms with Crippen LogP contribution in [0.25, 0.3) is 0 Å². The Hall–Kier alpha value is -2.40.